The molecule has 6 nitrogen and oxygen atoms in total. The average molecular weight is 446 g/mol. The van der Waals surface area contributed by atoms with Crippen LogP contribution in [-0.2, 0) is 9.59 Å². The van der Waals surface area contributed by atoms with Gasteiger partial charge in [0.2, 0.25) is 11.8 Å². The van der Waals surface area contributed by atoms with Gasteiger partial charge >= 0.3 is 0 Å². The summed E-state index contributed by atoms with van der Waals surface area (Å²) in [5, 5.41) is 4.96. The Hall–Kier alpha value is -1.89. The minimum atomic E-state index is -0.515. The maximum Gasteiger partial charge on any atom is 0.262 e. The largest absolute Gasteiger partial charge is 0.342 e. The second-order valence-corrected chi connectivity index (χ2v) is 10.4. The Morgan fingerprint density at radius 1 is 1.00 bits per heavy atom. The molecule has 1 aromatic rings. The van der Waals surface area contributed by atoms with E-state index in [-0.39, 0.29) is 29.7 Å². The van der Waals surface area contributed by atoms with Gasteiger partial charge in [-0.2, -0.15) is 0 Å². The van der Waals surface area contributed by atoms with Gasteiger partial charge in [0.05, 0.1) is 4.88 Å². The van der Waals surface area contributed by atoms with Gasteiger partial charge in [0.1, 0.15) is 6.04 Å². The highest BCUT2D eigenvalue weighted by molar-refractivity contribution is 7.12. The summed E-state index contributed by atoms with van der Waals surface area (Å²) in [6, 6.07) is 3.36. The summed E-state index contributed by atoms with van der Waals surface area (Å²) < 4.78 is 0. The fraction of sp³-hybridized carbons (Fsp3) is 0.708. The Labute approximate surface area is 189 Å². The first-order chi connectivity index (χ1) is 15.0. The molecule has 1 aromatic heterocycles. The minimum absolute atomic E-state index is 0.0534. The van der Waals surface area contributed by atoms with Gasteiger partial charge in [0.15, 0.2) is 0 Å². The predicted molar refractivity (Wildman–Crippen MR) is 122 cm³/mol. The molecule has 3 fully saturated rings. The smallest absolute Gasteiger partial charge is 0.262 e. The van der Waals surface area contributed by atoms with Gasteiger partial charge in [-0.15, -0.1) is 11.3 Å². The predicted octanol–water partition coefficient (Wildman–Crippen LogP) is 3.68. The van der Waals surface area contributed by atoms with Crippen LogP contribution in [0.15, 0.2) is 17.5 Å². The van der Waals surface area contributed by atoms with Crippen LogP contribution in [0.5, 0.6) is 0 Å². The zero-order chi connectivity index (χ0) is 21.8. The normalized spacial score (nSPS) is 24.2. The molecule has 0 spiro atoms. The number of likely N-dealkylation sites (tertiary alicyclic amines) is 2. The van der Waals surface area contributed by atoms with Crippen LogP contribution in [0.4, 0.5) is 0 Å². The van der Waals surface area contributed by atoms with Gasteiger partial charge in [0, 0.05) is 31.6 Å². The van der Waals surface area contributed by atoms with E-state index in [1.54, 1.807) is 6.07 Å². The number of rotatable bonds is 5. The number of nitrogens with one attached hydrogen (secondary N) is 1. The molecule has 31 heavy (non-hydrogen) atoms. The highest BCUT2D eigenvalue weighted by Gasteiger charge is 2.39. The maximum atomic E-state index is 13.6. The van der Waals surface area contributed by atoms with Crippen LogP contribution in [0.3, 0.4) is 0 Å². The fourth-order valence-corrected chi connectivity index (χ4v) is 6.12. The lowest BCUT2D eigenvalue weighted by Gasteiger charge is -2.41. The fourth-order valence-electron chi connectivity index (χ4n) is 5.49. The van der Waals surface area contributed by atoms with Gasteiger partial charge in [-0.3, -0.25) is 14.4 Å². The Morgan fingerprint density at radius 3 is 2.35 bits per heavy atom. The number of carbonyl (C=O) groups is 3. The number of carbonyl (C=O) groups excluding carboxylic acids is 3. The van der Waals surface area contributed by atoms with E-state index in [0.29, 0.717) is 23.9 Å². The lowest BCUT2D eigenvalue weighted by Crippen LogP contribution is -2.57. The molecule has 0 bridgehead atoms. The van der Waals surface area contributed by atoms with Crippen molar-refractivity contribution in [2.75, 3.05) is 19.6 Å². The van der Waals surface area contributed by atoms with Crippen LogP contribution >= 0.6 is 11.3 Å². The molecule has 3 aliphatic rings. The molecule has 3 amide bonds. The zero-order valence-electron chi connectivity index (χ0n) is 18.6. The Bertz CT molecular complexity index is 767. The summed E-state index contributed by atoms with van der Waals surface area (Å²) in [5.41, 5.74) is 0. The molecular formula is C24H35N3O3S. The quantitative estimate of drug-likeness (QED) is 0.752. The van der Waals surface area contributed by atoms with Crippen LogP contribution in [0, 0.1) is 11.8 Å². The van der Waals surface area contributed by atoms with Gasteiger partial charge < -0.3 is 15.1 Å². The van der Waals surface area contributed by atoms with Gasteiger partial charge in [-0.1, -0.05) is 18.9 Å². The second kappa shape index (κ2) is 10.2. The highest BCUT2D eigenvalue weighted by atomic mass is 32.1. The van der Waals surface area contributed by atoms with Gasteiger partial charge in [-0.25, -0.2) is 0 Å². The molecule has 3 heterocycles. The number of hydrogen-bond donors (Lipinski definition) is 1. The van der Waals surface area contributed by atoms with Crippen LogP contribution in [0.2, 0.25) is 0 Å². The Morgan fingerprint density at radius 2 is 1.71 bits per heavy atom. The highest BCUT2D eigenvalue weighted by Crippen LogP contribution is 2.30. The molecule has 1 saturated carbocycles. The first-order valence-corrected chi connectivity index (χ1v) is 12.9. The average Bonchev–Trinajstić information content (AvgIpc) is 3.51. The minimum Gasteiger partial charge on any atom is -0.342 e. The number of thiophene rings is 1. The van der Waals surface area contributed by atoms with Gasteiger partial charge in [0.25, 0.3) is 5.91 Å². The van der Waals surface area contributed by atoms with Crippen molar-refractivity contribution in [1.82, 2.24) is 15.1 Å². The van der Waals surface area contributed by atoms with Crippen molar-refractivity contribution in [3.05, 3.63) is 22.4 Å². The topological polar surface area (TPSA) is 69.7 Å². The molecule has 0 aromatic carbocycles. The summed E-state index contributed by atoms with van der Waals surface area (Å²) in [5.74, 6) is 0.450. The number of amides is 3. The second-order valence-electron chi connectivity index (χ2n) is 9.45. The first kappa shape index (κ1) is 22.3. The molecule has 4 rings (SSSR count). The molecule has 1 aliphatic carbocycles. The first-order valence-electron chi connectivity index (χ1n) is 12.0. The SMILES string of the molecule is C[C@@H]1CCCCN1C(=O)[C@@H](NC(=O)c1cccs1)C1CCN(C(=O)C2CCCC2)CC1. The number of hydrogen-bond acceptors (Lipinski definition) is 4. The lowest BCUT2D eigenvalue weighted by atomic mass is 9.87. The summed E-state index contributed by atoms with van der Waals surface area (Å²) >= 11 is 1.40. The number of piperidine rings is 2. The van der Waals surface area contributed by atoms with E-state index in [4.69, 9.17) is 0 Å². The number of nitrogens with zero attached hydrogens (tertiary/aromatic N) is 2. The van der Waals surface area contributed by atoms with E-state index in [1.807, 2.05) is 21.2 Å². The van der Waals surface area contributed by atoms with Crippen molar-refractivity contribution < 1.29 is 14.4 Å². The lowest BCUT2D eigenvalue weighted by molar-refractivity contribution is -0.139. The van der Waals surface area contributed by atoms with E-state index in [9.17, 15) is 14.4 Å². The third kappa shape index (κ3) is 5.13. The van der Waals surface area contributed by atoms with Crippen LogP contribution in [0.1, 0.15) is 74.4 Å². The van der Waals surface area contributed by atoms with Gasteiger partial charge in [-0.05, 0) is 69.2 Å². The van der Waals surface area contributed by atoms with Crippen molar-refractivity contribution in [1.29, 1.82) is 0 Å². The summed E-state index contributed by atoms with van der Waals surface area (Å²) in [4.78, 5) is 43.8. The molecule has 2 aliphatic heterocycles. The van der Waals surface area contributed by atoms with Crippen molar-refractivity contribution >= 4 is 29.1 Å². The van der Waals surface area contributed by atoms with E-state index in [2.05, 4.69) is 12.2 Å². The van der Waals surface area contributed by atoms with Crippen molar-refractivity contribution in [3.8, 4) is 0 Å². The monoisotopic (exact) mass is 445 g/mol. The van der Waals surface area contributed by atoms with Crippen molar-refractivity contribution in [2.24, 2.45) is 11.8 Å². The Balaban J connectivity index is 1.44. The van der Waals surface area contributed by atoms with E-state index in [0.717, 1.165) is 64.3 Å². The summed E-state index contributed by atoms with van der Waals surface area (Å²) in [6.45, 7) is 4.25. The standard InChI is InChI=1S/C24H35N3O3S/c1-17-7-4-5-13-27(17)24(30)21(25-22(28)20-10-6-16-31-20)18-11-14-26(15-12-18)23(29)19-8-2-3-9-19/h6,10,16-19,21H,2-5,7-9,11-15H2,1H3,(H,25,28)/t17-,21+/m1/s1. The third-order valence-corrected chi connectivity index (χ3v) is 8.28. The van der Waals surface area contributed by atoms with E-state index < -0.39 is 6.04 Å². The third-order valence-electron chi connectivity index (χ3n) is 7.41. The van der Waals surface area contributed by atoms with E-state index >= 15 is 0 Å². The molecule has 2 atom stereocenters. The molecule has 1 N–H and O–H groups in total. The van der Waals surface area contributed by atoms with Crippen molar-refractivity contribution in [3.63, 3.8) is 0 Å². The molecule has 7 heteroatoms. The zero-order valence-corrected chi connectivity index (χ0v) is 19.4. The maximum absolute atomic E-state index is 13.6. The molecule has 2 saturated heterocycles. The van der Waals surface area contributed by atoms with Crippen LogP contribution in [-0.4, -0.2) is 59.2 Å². The summed E-state index contributed by atoms with van der Waals surface area (Å²) in [7, 11) is 0. The molecule has 0 unspecified atom stereocenters. The molecule has 0 radical (unpaired) electrons. The van der Waals surface area contributed by atoms with E-state index in [1.165, 1.54) is 11.3 Å². The summed E-state index contributed by atoms with van der Waals surface area (Å²) in [6.07, 6.45) is 9.08. The molecular weight excluding hydrogens is 410 g/mol. The Kier molecular flexibility index (Phi) is 7.31. The van der Waals surface area contributed by atoms with Crippen molar-refractivity contribution in [2.45, 2.75) is 76.8 Å². The molecule has 170 valence electrons. The van der Waals surface area contributed by atoms with Crippen LogP contribution in [0.25, 0.3) is 0 Å². The van der Waals surface area contributed by atoms with Crippen LogP contribution < -0.4 is 5.32 Å².